The molecule has 0 aliphatic heterocycles. The second-order valence-electron chi connectivity index (χ2n) is 4.43. The van der Waals surface area contributed by atoms with E-state index in [4.69, 9.17) is 0 Å². The Labute approximate surface area is 112 Å². The van der Waals surface area contributed by atoms with Crippen molar-refractivity contribution in [1.29, 1.82) is 0 Å². The third kappa shape index (κ3) is 1.90. The summed E-state index contributed by atoms with van der Waals surface area (Å²) in [5.41, 5.74) is 0.744. The van der Waals surface area contributed by atoms with Crippen LogP contribution in [-0.2, 0) is 0 Å². The van der Waals surface area contributed by atoms with E-state index in [2.05, 4.69) is 0 Å². The Kier molecular flexibility index (Phi) is 2.86. The maximum atomic E-state index is 13.3. The molecule has 1 N–H and O–H groups in total. The van der Waals surface area contributed by atoms with Gasteiger partial charge in [0.2, 0.25) is 0 Å². The number of fused-ring (bicyclic) bond motifs is 1. The molecule has 0 amide bonds. The van der Waals surface area contributed by atoms with Gasteiger partial charge < -0.3 is 5.11 Å². The summed E-state index contributed by atoms with van der Waals surface area (Å²) in [7, 11) is 0. The Bertz CT molecular complexity index is 789. The normalized spacial score (nSPS) is 10.9. The molecule has 4 heteroatoms. The van der Waals surface area contributed by atoms with Crippen molar-refractivity contribution in [2.45, 2.75) is 0 Å². The van der Waals surface area contributed by atoms with Crippen LogP contribution < -0.4 is 0 Å². The molecule has 3 aromatic carbocycles. The third-order valence-electron chi connectivity index (χ3n) is 3.20. The van der Waals surface area contributed by atoms with Crippen molar-refractivity contribution in [2.75, 3.05) is 0 Å². The monoisotopic (exact) mass is 274 g/mol. The van der Waals surface area contributed by atoms with E-state index in [1.807, 2.05) is 0 Å². The number of aromatic hydroxyl groups is 1. The fourth-order valence-corrected chi connectivity index (χ4v) is 2.25. The topological polar surface area (TPSA) is 20.2 Å². The van der Waals surface area contributed by atoms with Gasteiger partial charge >= 0.3 is 0 Å². The molecule has 100 valence electrons. The minimum absolute atomic E-state index is 0.0763. The van der Waals surface area contributed by atoms with Gasteiger partial charge in [0.1, 0.15) is 5.75 Å². The van der Waals surface area contributed by atoms with E-state index in [9.17, 15) is 18.3 Å². The van der Waals surface area contributed by atoms with Crippen LogP contribution in [0.2, 0.25) is 0 Å². The SMILES string of the molecule is Oc1ccc(-c2cc(F)c(F)c(F)c2)c2ccccc12. The number of phenols is 1. The quantitative estimate of drug-likeness (QED) is 0.641. The number of halogens is 3. The van der Waals surface area contributed by atoms with E-state index < -0.39 is 17.5 Å². The van der Waals surface area contributed by atoms with Gasteiger partial charge in [0.25, 0.3) is 0 Å². The molecule has 0 fully saturated rings. The molecule has 0 saturated carbocycles. The van der Waals surface area contributed by atoms with Crippen molar-refractivity contribution in [1.82, 2.24) is 0 Å². The van der Waals surface area contributed by atoms with Gasteiger partial charge in [-0.15, -0.1) is 0 Å². The fourth-order valence-electron chi connectivity index (χ4n) is 2.25. The minimum atomic E-state index is -1.49. The van der Waals surface area contributed by atoms with Crippen molar-refractivity contribution < 1.29 is 18.3 Å². The first-order valence-electron chi connectivity index (χ1n) is 5.93. The Morgan fingerprint density at radius 1 is 0.750 bits per heavy atom. The van der Waals surface area contributed by atoms with Crippen LogP contribution in [0.15, 0.2) is 48.5 Å². The predicted molar refractivity (Wildman–Crippen MR) is 70.9 cm³/mol. The van der Waals surface area contributed by atoms with Crippen LogP contribution in [0, 0.1) is 17.5 Å². The lowest BCUT2D eigenvalue weighted by molar-refractivity contribution is 0.448. The number of phenolic OH excluding ortho intramolecular Hbond substituents is 1. The molecular formula is C16H9F3O. The molecule has 1 nitrogen and oxygen atoms in total. The molecule has 0 saturated heterocycles. The first-order valence-corrected chi connectivity index (χ1v) is 5.93. The molecule has 0 aliphatic carbocycles. The molecule has 0 bridgehead atoms. The summed E-state index contributed by atoms with van der Waals surface area (Å²) >= 11 is 0. The van der Waals surface area contributed by atoms with Crippen LogP contribution in [-0.4, -0.2) is 5.11 Å². The van der Waals surface area contributed by atoms with Gasteiger partial charge in [-0.05, 0) is 34.7 Å². The Hall–Kier alpha value is -2.49. The van der Waals surface area contributed by atoms with Crippen LogP contribution in [0.3, 0.4) is 0 Å². The van der Waals surface area contributed by atoms with Crippen LogP contribution in [0.1, 0.15) is 0 Å². The molecule has 0 aromatic heterocycles. The van der Waals surface area contributed by atoms with Gasteiger partial charge in [0.15, 0.2) is 17.5 Å². The smallest absolute Gasteiger partial charge is 0.194 e. The van der Waals surface area contributed by atoms with Crippen molar-refractivity contribution >= 4 is 10.8 Å². The van der Waals surface area contributed by atoms with Crippen molar-refractivity contribution in [3.63, 3.8) is 0 Å². The molecule has 3 rings (SSSR count). The van der Waals surface area contributed by atoms with Gasteiger partial charge in [-0.1, -0.05) is 30.3 Å². The first kappa shape index (κ1) is 12.5. The fraction of sp³-hybridized carbons (Fsp3) is 0. The first-order chi connectivity index (χ1) is 9.58. The van der Waals surface area contributed by atoms with E-state index in [1.54, 1.807) is 30.3 Å². The minimum Gasteiger partial charge on any atom is -0.507 e. The lowest BCUT2D eigenvalue weighted by Crippen LogP contribution is -1.92. The molecular weight excluding hydrogens is 265 g/mol. The van der Waals surface area contributed by atoms with Gasteiger partial charge in [-0.3, -0.25) is 0 Å². The number of hydrogen-bond acceptors (Lipinski definition) is 1. The van der Waals surface area contributed by atoms with Gasteiger partial charge in [-0.2, -0.15) is 0 Å². The van der Waals surface area contributed by atoms with Crippen molar-refractivity contribution in [3.05, 3.63) is 66.0 Å². The van der Waals surface area contributed by atoms with Crippen LogP contribution in [0.5, 0.6) is 5.75 Å². The summed E-state index contributed by atoms with van der Waals surface area (Å²) in [6.45, 7) is 0. The summed E-state index contributed by atoms with van der Waals surface area (Å²) in [6, 6.07) is 11.8. The van der Waals surface area contributed by atoms with Crippen molar-refractivity contribution in [2.24, 2.45) is 0 Å². The molecule has 0 aliphatic rings. The Morgan fingerprint density at radius 2 is 1.35 bits per heavy atom. The molecule has 20 heavy (non-hydrogen) atoms. The lowest BCUT2D eigenvalue weighted by atomic mass is 9.97. The highest BCUT2D eigenvalue weighted by molar-refractivity contribution is 5.99. The highest BCUT2D eigenvalue weighted by atomic mass is 19.2. The standard InChI is InChI=1S/C16H9F3O/c17-13-7-9(8-14(18)16(13)19)10-5-6-15(20)12-4-2-1-3-11(10)12/h1-8,20H. The van der Waals surface area contributed by atoms with Crippen LogP contribution in [0.4, 0.5) is 13.2 Å². The van der Waals surface area contributed by atoms with Crippen LogP contribution in [0.25, 0.3) is 21.9 Å². The second-order valence-corrected chi connectivity index (χ2v) is 4.43. The lowest BCUT2D eigenvalue weighted by Gasteiger charge is -2.09. The number of hydrogen-bond donors (Lipinski definition) is 1. The van der Waals surface area contributed by atoms with E-state index in [-0.39, 0.29) is 11.3 Å². The molecule has 0 heterocycles. The second kappa shape index (κ2) is 4.56. The van der Waals surface area contributed by atoms with E-state index in [0.29, 0.717) is 16.3 Å². The Balaban J connectivity index is 2.33. The maximum Gasteiger partial charge on any atom is 0.194 e. The Morgan fingerprint density at radius 3 is 2.00 bits per heavy atom. The zero-order valence-electron chi connectivity index (χ0n) is 10.2. The van der Waals surface area contributed by atoms with Crippen LogP contribution >= 0.6 is 0 Å². The molecule has 0 unspecified atom stereocenters. The van der Waals surface area contributed by atoms with Crippen molar-refractivity contribution in [3.8, 4) is 16.9 Å². The average Bonchev–Trinajstić information content (AvgIpc) is 2.45. The van der Waals surface area contributed by atoms with E-state index in [1.165, 1.54) is 6.07 Å². The maximum absolute atomic E-state index is 13.3. The number of benzene rings is 3. The predicted octanol–water partition coefficient (Wildman–Crippen LogP) is 4.63. The zero-order chi connectivity index (χ0) is 14.3. The molecule has 3 aromatic rings. The molecule has 0 spiro atoms. The summed E-state index contributed by atoms with van der Waals surface area (Å²) in [6.07, 6.45) is 0. The zero-order valence-corrected chi connectivity index (χ0v) is 10.2. The molecule has 0 atom stereocenters. The third-order valence-corrected chi connectivity index (χ3v) is 3.20. The van der Waals surface area contributed by atoms with Gasteiger partial charge in [0.05, 0.1) is 0 Å². The van der Waals surface area contributed by atoms with Gasteiger partial charge in [-0.25, -0.2) is 13.2 Å². The summed E-state index contributed by atoms with van der Waals surface area (Å²) in [5, 5.41) is 11.0. The summed E-state index contributed by atoms with van der Waals surface area (Å²) in [5.74, 6) is -3.89. The van der Waals surface area contributed by atoms with E-state index >= 15 is 0 Å². The van der Waals surface area contributed by atoms with E-state index in [0.717, 1.165) is 12.1 Å². The average molecular weight is 274 g/mol. The summed E-state index contributed by atoms with van der Waals surface area (Å²) in [4.78, 5) is 0. The largest absolute Gasteiger partial charge is 0.507 e. The number of rotatable bonds is 1. The summed E-state index contributed by atoms with van der Waals surface area (Å²) < 4.78 is 39.7. The highest BCUT2D eigenvalue weighted by Crippen LogP contribution is 2.34. The molecule has 0 radical (unpaired) electrons. The highest BCUT2D eigenvalue weighted by Gasteiger charge is 2.13. The van der Waals surface area contributed by atoms with Gasteiger partial charge in [0, 0.05) is 5.39 Å².